The van der Waals surface area contributed by atoms with E-state index in [1.807, 2.05) is 6.92 Å². The van der Waals surface area contributed by atoms with E-state index in [0.29, 0.717) is 24.2 Å². The van der Waals surface area contributed by atoms with Gasteiger partial charge in [-0.15, -0.1) is 0 Å². The fourth-order valence-electron chi connectivity index (χ4n) is 2.00. The van der Waals surface area contributed by atoms with E-state index in [0.717, 1.165) is 25.3 Å². The molecule has 2 rings (SSSR count). The van der Waals surface area contributed by atoms with Gasteiger partial charge in [-0.3, -0.25) is 0 Å². The van der Waals surface area contributed by atoms with Crippen LogP contribution in [0.25, 0.3) is 0 Å². The Morgan fingerprint density at radius 3 is 3.00 bits per heavy atom. The third-order valence-electron chi connectivity index (χ3n) is 2.97. The maximum atomic E-state index is 6.01. The third-order valence-corrected chi connectivity index (χ3v) is 3.16. The van der Waals surface area contributed by atoms with Crippen molar-refractivity contribution in [2.45, 2.75) is 26.1 Å². The summed E-state index contributed by atoms with van der Waals surface area (Å²) < 4.78 is 10.7. The first-order valence-electron chi connectivity index (χ1n) is 6.12. The molecule has 1 aromatic rings. The van der Waals surface area contributed by atoms with Crippen LogP contribution in [0.4, 0.5) is 5.82 Å². The molecule has 6 heteroatoms. The molecule has 1 aliphatic rings. The molecule has 0 aromatic carbocycles. The van der Waals surface area contributed by atoms with Crippen molar-refractivity contribution in [2.24, 2.45) is 0 Å². The summed E-state index contributed by atoms with van der Waals surface area (Å²) in [6.45, 7) is 4.75. The van der Waals surface area contributed by atoms with Crippen LogP contribution in [0.3, 0.4) is 0 Å². The fourth-order valence-corrected chi connectivity index (χ4v) is 2.20. The number of nitrogens with zero attached hydrogens (tertiary/aromatic N) is 3. The van der Waals surface area contributed by atoms with Gasteiger partial charge >= 0.3 is 0 Å². The smallest absolute Gasteiger partial charge is 0.158 e. The minimum Gasteiger partial charge on any atom is -0.380 e. The molecule has 100 valence electrons. The molecule has 0 amide bonds. The lowest BCUT2D eigenvalue weighted by Crippen LogP contribution is -2.23. The van der Waals surface area contributed by atoms with Crippen molar-refractivity contribution < 1.29 is 9.47 Å². The highest BCUT2D eigenvalue weighted by molar-refractivity contribution is 6.29. The Hall–Kier alpha value is -0.910. The molecule has 1 fully saturated rings. The average Bonchev–Trinajstić information content (AvgIpc) is 2.84. The second-order valence-corrected chi connectivity index (χ2v) is 4.58. The number of anilines is 1. The highest BCUT2D eigenvalue weighted by Gasteiger charge is 2.23. The first kappa shape index (κ1) is 13.5. The van der Waals surface area contributed by atoms with Gasteiger partial charge in [0, 0.05) is 32.9 Å². The van der Waals surface area contributed by atoms with Gasteiger partial charge in [0.1, 0.15) is 17.6 Å². The molecule has 0 aliphatic carbocycles. The Kier molecular flexibility index (Phi) is 4.74. The van der Waals surface area contributed by atoms with Crippen LogP contribution < -0.4 is 4.90 Å². The van der Waals surface area contributed by atoms with Crippen LogP contribution >= 0.6 is 11.6 Å². The SMILES string of the molecule is CCOCc1nc(Cl)cc(N2CCC(OC)C2)n1. The van der Waals surface area contributed by atoms with Gasteiger partial charge in [-0.25, -0.2) is 9.97 Å². The summed E-state index contributed by atoms with van der Waals surface area (Å²) in [7, 11) is 1.74. The van der Waals surface area contributed by atoms with Gasteiger partial charge < -0.3 is 14.4 Å². The summed E-state index contributed by atoms with van der Waals surface area (Å²) in [6, 6.07) is 1.79. The minimum absolute atomic E-state index is 0.272. The monoisotopic (exact) mass is 271 g/mol. The van der Waals surface area contributed by atoms with Crippen LogP contribution in [-0.2, 0) is 16.1 Å². The standard InChI is InChI=1S/C12H18ClN3O2/c1-3-18-8-11-14-10(13)6-12(15-11)16-5-4-9(7-16)17-2/h6,9H,3-5,7-8H2,1-2H3. The molecule has 1 aromatic heterocycles. The fraction of sp³-hybridized carbons (Fsp3) is 0.667. The maximum Gasteiger partial charge on any atom is 0.158 e. The lowest BCUT2D eigenvalue weighted by Gasteiger charge is -2.17. The van der Waals surface area contributed by atoms with Crippen molar-refractivity contribution in [3.63, 3.8) is 0 Å². The average molecular weight is 272 g/mol. The molecule has 0 spiro atoms. The minimum atomic E-state index is 0.272. The zero-order chi connectivity index (χ0) is 13.0. The molecular weight excluding hydrogens is 254 g/mol. The number of hydrogen-bond donors (Lipinski definition) is 0. The predicted molar refractivity (Wildman–Crippen MR) is 70.0 cm³/mol. The van der Waals surface area contributed by atoms with Crippen LogP contribution in [0.15, 0.2) is 6.07 Å². The van der Waals surface area contributed by atoms with Crippen LogP contribution in [-0.4, -0.2) is 42.9 Å². The van der Waals surface area contributed by atoms with Crippen molar-refractivity contribution in [1.29, 1.82) is 0 Å². The summed E-state index contributed by atoms with van der Waals surface area (Å²) in [5.41, 5.74) is 0. The normalized spacial score (nSPS) is 19.5. The molecule has 0 saturated carbocycles. The van der Waals surface area contributed by atoms with Crippen molar-refractivity contribution >= 4 is 17.4 Å². The number of methoxy groups -OCH3 is 1. The van der Waals surface area contributed by atoms with Crippen LogP contribution in [0.5, 0.6) is 0 Å². The molecule has 1 unspecified atom stereocenters. The van der Waals surface area contributed by atoms with E-state index in [4.69, 9.17) is 21.1 Å². The van der Waals surface area contributed by atoms with Gasteiger partial charge in [-0.2, -0.15) is 0 Å². The highest BCUT2D eigenvalue weighted by Crippen LogP contribution is 2.22. The largest absolute Gasteiger partial charge is 0.380 e. The van der Waals surface area contributed by atoms with E-state index in [1.54, 1.807) is 13.2 Å². The molecule has 0 bridgehead atoms. The van der Waals surface area contributed by atoms with Crippen molar-refractivity contribution in [3.05, 3.63) is 17.0 Å². The zero-order valence-electron chi connectivity index (χ0n) is 10.7. The van der Waals surface area contributed by atoms with Crippen LogP contribution in [0, 0.1) is 0 Å². The van der Waals surface area contributed by atoms with Crippen LogP contribution in [0.2, 0.25) is 5.15 Å². The maximum absolute atomic E-state index is 6.01. The lowest BCUT2D eigenvalue weighted by atomic mass is 10.3. The van der Waals surface area contributed by atoms with E-state index in [2.05, 4.69) is 14.9 Å². The van der Waals surface area contributed by atoms with Crippen molar-refractivity contribution in [2.75, 3.05) is 31.7 Å². The molecule has 0 N–H and O–H groups in total. The topological polar surface area (TPSA) is 47.5 Å². The molecule has 1 aliphatic heterocycles. The summed E-state index contributed by atoms with van der Waals surface area (Å²) in [4.78, 5) is 10.8. The highest BCUT2D eigenvalue weighted by atomic mass is 35.5. The molecule has 18 heavy (non-hydrogen) atoms. The predicted octanol–water partition coefficient (Wildman–Crippen LogP) is 1.89. The third kappa shape index (κ3) is 3.31. The number of halogens is 1. The molecule has 1 saturated heterocycles. The Balaban J connectivity index is 2.10. The van der Waals surface area contributed by atoms with Crippen molar-refractivity contribution in [1.82, 2.24) is 9.97 Å². The summed E-state index contributed by atoms with van der Waals surface area (Å²) >= 11 is 6.01. The lowest BCUT2D eigenvalue weighted by molar-refractivity contribution is 0.121. The Morgan fingerprint density at radius 2 is 2.33 bits per heavy atom. The molecule has 2 heterocycles. The van der Waals surface area contributed by atoms with E-state index in [1.165, 1.54) is 0 Å². The quantitative estimate of drug-likeness (QED) is 0.766. The number of ether oxygens (including phenoxy) is 2. The van der Waals surface area contributed by atoms with Crippen molar-refractivity contribution in [3.8, 4) is 0 Å². The summed E-state index contributed by atoms with van der Waals surface area (Å²) in [6.07, 6.45) is 1.29. The van der Waals surface area contributed by atoms with Gasteiger partial charge in [0.2, 0.25) is 0 Å². The molecule has 5 nitrogen and oxygen atoms in total. The van der Waals surface area contributed by atoms with E-state index in [9.17, 15) is 0 Å². The first-order chi connectivity index (χ1) is 8.72. The Morgan fingerprint density at radius 1 is 1.50 bits per heavy atom. The van der Waals surface area contributed by atoms with Gasteiger partial charge in [0.15, 0.2) is 5.82 Å². The Labute approximate surface area is 112 Å². The Bertz CT molecular complexity index is 403. The van der Waals surface area contributed by atoms with Gasteiger partial charge in [0.05, 0.1) is 6.10 Å². The number of aromatic nitrogens is 2. The number of rotatable bonds is 5. The number of hydrogen-bond acceptors (Lipinski definition) is 5. The zero-order valence-corrected chi connectivity index (χ0v) is 11.5. The second kappa shape index (κ2) is 6.31. The van der Waals surface area contributed by atoms with Gasteiger partial charge in [0.25, 0.3) is 0 Å². The summed E-state index contributed by atoms with van der Waals surface area (Å²) in [5, 5.41) is 0.454. The van der Waals surface area contributed by atoms with Crippen LogP contribution in [0.1, 0.15) is 19.2 Å². The summed E-state index contributed by atoms with van der Waals surface area (Å²) in [5.74, 6) is 1.48. The second-order valence-electron chi connectivity index (χ2n) is 4.19. The molecule has 1 atom stereocenters. The first-order valence-corrected chi connectivity index (χ1v) is 6.49. The van der Waals surface area contributed by atoms with E-state index in [-0.39, 0.29) is 6.10 Å². The van der Waals surface area contributed by atoms with E-state index < -0.39 is 0 Å². The van der Waals surface area contributed by atoms with E-state index >= 15 is 0 Å². The van der Waals surface area contributed by atoms with Gasteiger partial charge in [-0.05, 0) is 13.3 Å². The van der Waals surface area contributed by atoms with Gasteiger partial charge in [-0.1, -0.05) is 11.6 Å². The molecular formula is C12H18ClN3O2. The molecule has 0 radical (unpaired) electrons.